The molecule has 6 heteroatoms. The molecule has 3 rings (SSSR count). The summed E-state index contributed by atoms with van der Waals surface area (Å²) in [5.74, 6) is -0.251. The quantitative estimate of drug-likeness (QED) is 0.785. The van der Waals surface area contributed by atoms with E-state index in [1.54, 1.807) is 16.1 Å². The van der Waals surface area contributed by atoms with Crippen LogP contribution in [-0.4, -0.2) is 15.5 Å². The van der Waals surface area contributed by atoms with E-state index in [0.29, 0.717) is 15.8 Å². The average Bonchev–Trinajstić information content (AvgIpc) is 2.99. The third-order valence-electron chi connectivity index (χ3n) is 2.91. The van der Waals surface area contributed by atoms with Gasteiger partial charge in [0, 0.05) is 29.5 Å². The van der Waals surface area contributed by atoms with E-state index in [4.69, 9.17) is 11.6 Å². The van der Waals surface area contributed by atoms with E-state index in [2.05, 4.69) is 10.3 Å². The topological polar surface area (TPSA) is 46.9 Å². The highest BCUT2D eigenvalue weighted by Gasteiger charge is 2.20. The number of halogens is 1. The van der Waals surface area contributed by atoms with Gasteiger partial charge in [-0.05, 0) is 6.07 Å². The zero-order valence-corrected chi connectivity index (χ0v) is 11.6. The van der Waals surface area contributed by atoms with Gasteiger partial charge in [0.05, 0.1) is 5.02 Å². The monoisotopic (exact) mass is 291 g/mol. The molecule has 0 radical (unpaired) electrons. The highest BCUT2D eigenvalue weighted by atomic mass is 35.5. The first-order valence-electron chi connectivity index (χ1n) is 5.62. The van der Waals surface area contributed by atoms with Crippen molar-refractivity contribution in [3.63, 3.8) is 0 Å². The molecule has 0 aliphatic heterocycles. The lowest BCUT2D eigenvalue weighted by atomic mass is 10.2. The number of amides is 1. The van der Waals surface area contributed by atoms with Crippen molar-refractivity contribution in [2.24, 2.45) is 7.05 Å². The highest BCUT2D eigenvalue weighted by molar-refractivity contribution is 7.13. The maximum atomic E-state index is 12.3. The number of hydrogen-bond acceptors (Lipinski definition) is 3. The molecular formula is C13H10ClN3OS. The summed E-state index contributed by atoms with van der Waals surface area (Å²) in [7, 11) is 1.82. The molecule has 0 fully saturated rings. The Bertz CT molecular complexity index is 710. The molecule has 0 atom stereocenters. The largest absolute Gasteiger partial charge is 0.338 e. The van der Waals surface area contributed by atoms with Gasteiger partial charge in [-0.25, -0.2) is 4.98 Å². The number of hydrogen-bond donors (Lipinski definition) is 1. The van der Waals surface area contributed by atoms with Crippen molar-refractivity contribution in [3.05, 3.63) is 46.6 Å². The van der Waals surface area contributed by atoms with Crippen LogP contribution in [0.3, 0.4) is 0 Å². The normalized spacial score (nSPS) is 10.8. The van der Waals surface area contributed by atoms with Gasteiger partial charge in [-0.1, -0.05) is 29.8 Å². The fourth-order valence-corrected chi connectivity index (χ4v) is 2.94. The van der Waals surface area contributed by atoms with Gasteiger partial charge in [-0.2, -0.15) is 0 Å². The molecule has 19 heavy (non-hydrogen) atoms. The number of carbonyl (C=O) groups is 1. The lowest BCUT2D eigenvalue weighted by Crippen LogP contribution is -2.15. The molecule has 2 aromatic heterocycles. The first-order chi connectivity index (χ1) is 9.18. The number of para-hydroxylation sites is 1. The van der Waals surface area contributed by atoms with Crippen LogP contribution < -0.4 is 5.32 Å². The van der Waals surface area contributed by atoms with Gasteiger partial charge in [0.2, 0.25) is 0 Å². The van der Waals surface area contributed by atoms with Gasteiger partial charge < -0.3 is 4.57 Å². The smallest absolute Gasteiger partial charge is 0.275 e. The highest BCUT2D eigenvalue weighted by Crippen LogP contribution is 2.30. The standard InChI is InChI=1S/C13H10ClN3OS/c1-17-9-5-3-2-4-8(9)10(14)11(17)12(18)16-13-15-6-7-19-13/h2-7H,1H3,(H,15,16,18). The van der Waals surface area contributed by atoms with E-state index in [1.165, 1.54) is 11.3 Å². The Hall–Kier alpha value is -1.85. The summed E-state index contributed by atoms with van der Waals surface area (Å²) in [5, 5.41) is 6.45. The summed E-state index contributed by atoms with van der Waals surface area (Å²) in [4.78, 5) is 16.3. The summed E-state index contributed by atoms with van der Waals surface area (Å²) >= 11 is 7.67. The Morgan fingerprint density at radius 2 is 2.21 bits per heavy atom. The maximum Gasteiger partial charge on any atom is 0.275 e. The first-order valence-corrected chi connectivity index (χ1v) is 6.88. The van der Waals surface area contributed by atoms with E-state index in [9.17, 15) is 4.79 Å². The molecule has 4 nitrogen and oxygen atoms in total. The third kappa shape index (κ3) is 2.01. The predicted octanol–water partition coefficient (Wildman–Crippen LogP) is 3.54. The predicted molar refractivity (Wildman–Crippen MR) is 78.0 cm³/mol. The summed E-state index contributed by atoms with van der Waals surface area (Å²) < 4.78 is 1.79. The SMILES string of the molecule is Cn1c(C(=O)Nc2nccs2)c(Cl)c2ccccc21. The fraction of sp³-hybridized carbons (Fsp3) is 0.0769. The summed E-state index contributed by atoms with van der Waals surface area (Å²) in [5.41, 5.74) is 1.37. The van der Waals surface area contributed by atoms with Gasteiger partial charge in [0.1, 0.15) is 5.69 Å². The molecule has 3 aromatic rings. The fourth-order valence-electron chi connectivity index (χ4n) is 2.04. The number of thiazole rings is 1. The van der Waals surface area contributed by atoms with Crippen molar-refractivity contribution < 1.29 is 4.79 Å². The second-order valence-electron chi connectivity index (χ2n) is 4.03. The number of carbonyl (C=O) groups excluding carboxylic acids is 1. The number of nitrogens with zero attached hydrogens (tertiary/aromatic N) is 2. The molecule has 0 spiro atoms. The molecule has 0 aliphatic rings. The van der Waals surface area contributed by atoms with Crippen LogP contribution in [0.1, 0.15) is 10.5 Å². The average molecular weight is 292 g/mol. The Labute approximate surface area is 118 Å². The molecule has 0 unspecified atom stereocenters. The van der Waals surface area contributed by atoms with Crippen LogP contribution in [0.15, 0.2) is 35.8 Å². The van der Waals surface area contributed by atoms with Crippen molar-refractivity contribution in [3.8, 4) is 0 Å². The number of rotatable bonds is 2. The number of anilines is 1. The van der Waals surface area contributed by atoms with E-state index < -0.39 is 0 Å². The lowest BCUT2D eigenvalue weighted by molar-refractivity contribution is 0.102. The van der Waals surface area contributed by atoms with Crippen molar-refractivity contribution in [1.82, 2.24) is 9.55 Å². The third-order valence-corrected chi connectivity index (χ3v) is 3.98. The number of aryl methyl sites for hydroxylation is 1. The van der Waals surface area contributed by atoms with Gasteiger partial charge >= 0.3 is 0 Å². The Kier molecular flexibility index (Phi) is 3.00. The van der Waals surface area contributed by atoms with Crippen LogP contribution in [0.2, 0.25) is 5.02 Å². The van der Waals surface area contributed by atoms with Gasteiger partial charge in [-0.15, -0.1) is 11.3 Å². The van der Waals surface area contributed by atoms with E-state index in [1.807, 2.05) is 31.3 Å². The van der Waals surface area contributed by atoms with Crippen molar-refractivity contribution in [2.45, 2.75) is 0 Å². The summed E-state index contributed by atoms with van der Waals surface area (Å²) in [6, 6.07) is 7.65. The van der Waals surface area contributed by atoms with Gasteiger partial charge in [-0.3, -0.25) is 10.1 Å². The molecular weight excluding hydrogens is 282 g/mol. The summed E-state index contributed by atoms with van der Waals surface area (Å²) in [6.07, 6.45) is 1.64. The van der Waals surface area contributed by atoms with E-state index in [0.717, 1.165) is 10.9 Å². The Balaban J connectivity index is 2.07. The lowest BCUT2D eigenvalue weighted by Gasteiger charge is -2.04. The van der Waals surface area contributed by atoms with Gasteiger partial charge in [0.25, 0.3) is 5.91 Å². The number of nitrogens with one attached hydrogen (secondary N) is 1. The minimum Gasteiger partial charge on any atom is -0.338 e. The van der Waals surface area contributed by atoms with E-state index >= 15 is 0 Å². The van der Waals surface area contributed by atoms with Crippen LogP contribution in [0.5, 0.6) is 0 Å². The van der Waals surface area contributed by atoms with Crippen molar-refractivity contribution in [2.75, 3.05) is 5.32 Å². The van der Waals surface area contributed by atoms with Crippen LogP contribution in [-0.2, 0) is 7.05 Å². The minimum absolute atomic E-state index is 0.251. The van der Waals surface area contributed by atoms with Crippen LogP contribution >= 0.6 is 22.9 Å². The second-order valence-corrected chi connectivity index (χ2v) is 5.30. The molecule has 1 amide bonds. The zero-order valence-electron chi connectivity index (χ0n) is 10.1. The first kappa shape index (κ1) is 12.2. The number of benzene rings is 1. The zero-order chi connectivity index (χ0) is 13.4. The van der Waals surface area contributed by atoms with Crippen LogP contribution in [0, 0.1) is 0 Å². The minimum atomic E-state index is -0.251. The number of fused-ring (bicyclic) bond motifs is 1. The Morgan fingerprint density at radius 1 is 1.42 bits per heavy atom. The van der Waals surface area contributed by atoms with Crippen LogP contribution in [0.25, 0.3) is 10.9 Å². The molecule has 2 heterocycles. The molecule has 0 bridgehead atoms. The van der Waals surface area contributed by atoms with Crippen molar-refractivity contribution >= 4 is 44.9 Å². The number of aromatic nitrogens is 2. The molecule has 0 saturated carbocycles. The summed E-state index contributed by atoms with van der Waals surface area (Å²) in [6.45, 7) is 0. The van der Waals surface area contributed by atoms with E-state index in [-0.39, 0.29) is 5.91 Å². The maximum absolute atomic E-state index is 12.3. The van der Waals surface area contributed by atoms with Gasteiger partial charge in [0.15, 0.2) is 5.13 Å². The molecule has 0 saturated heterocycles. The molecule has 96 valence electrons. The van der Waals surface area contributed by atoms with Crippen LogP contribution in [0.4, 0.5) is 5.13 Å². The molecule has 0 aliphatic carbocycles. The van der Waals surface area contributed by atoms with Crippen molar-refractivity contribution in [1.29, 1.82) is 0 Å². The second kappa shape index (κ2) is 4.68. The molecule has 1 aromatic carbocycles. The molecule has 1 N–H and O–H groups in total. The Morgan fingerprint density at radius 3 is 2.89 bits per heavy atom.